The summed E-state index contributed by atoms with van der Waals surface area (Å²) in [6, 6.07) is 4.46. The Morgan fingerprint density at radius 3 is 2.44 bits per heavy atom. The van der Waals surface area contributed by atoms with Gasteiger partial charge in [-0.1, -0.05) is 13.0 Å². The fourth-order valence-corrected chi connectivity index (χ4v) is 4.15. The number of rotatable bonds is 5. The van der Waals surface area contributed by atoms with Crippen LogP contribution < -0.4 is 20.4 Å². The molecule has 0 unspecified atom stereocenters. The molecular formula is C22H23F5N3O4+. The number of carbonyl (C=O) groups excluding carboxylic acids is 2. The summed E-state index contributed by atoms with van der Waals surface area (Å²) in [4.78, 5) is 24.7. The summed E-state index contributed by atoms with van der Waals surface area (Å²) < 4.78 is 81.7. The minimum Gasteiger partial charge on any atom is -0.493 e. The maximum absolute atomic E-state index is 14.4. The molecule has 2 aromatic rings. The number of benzene rings is 1. The molecule has 34 heavy (non-hydrogen) atoms. The van der Waals surface area contributed by atoms with E-state index in [1.807, 2.05) is 0 Å². The number of anilines is 1. The first-order valence-corrected chi connectivity index (χ1v) is 10.1. The van der Waals surface area contributed by atoms with Crippen LogP contribution >= 0.6 is 0 Å². The number of primary amides is 1. The molecule has 12 heteroatoms. The molecule has 1 aliphatic rings. The molecule has 0 bridgehead atoms. The Labute approximate surface area is 191 Å². The summed E-state index contributed by atoms with van der Waals surface area (Å²) in [5, 5.41) is 2.42. The van der Waals surface area contributed by atoms with Gasteiger partial charge >= 0.3 is 12.1 Å². The Morgan fingerprint density at radius 2 is 1.88 bits per heavy atom. The van der Waals surface area contributed by atoms with Crippen molar-refractivity contribution >= 4 is 17.5 Å². The monoisotopic (exact) mass is 488 g/mol. The Kier molecular flexibility index (Phi) is 6.57. The highest BCUT2D eigenvalue weighted by atomic mass is 19.4. The van der Waals surface area contributed by atoms with Gasteiger partial charge in [0.05, 0.1) is 12.8 Å². The van der Waals surface area contributed by atoms with Gasteiger partial charge < -0.3 is 20.5 Å². The number of carbonyl (C=O) groups is 2. The molecule has 2 amide bonds. The maximum atomic E-state index is 14.4. The normalized spacial score (nSPS) is 24.7. The predicted molar refractivity (Wildman–Crippen MR) is 109 cm³/mol. The lowest BCUT2D eigenvalue weighted by atomic mass is 9.77. The van der Waals surface area contributed by atoms with Crippen molar-refractivity contribution in [3.63, 3.8) is 0 Å². The molecule has 2 heterocycles. The predicted octanol–water partition coefficient (Wildman–Crippen LogP) is 2.98. The van der Waals surface area contributed by atoms with E-state index < -0.39 is 58.9 Å². The van der Waals surface area contributed by atoms with E-state index in [-0.39, 0.29) is 16.9 Å². The number of hydrogen-bond acceptors (Lipinski definition) is 4. The summed E-state index contributed by atoms with van der Waals surface area (Å²) in [6.45, 7) is 2.00. The fourth-order valence-electron chi connectivity index (χ4n) is 4.15. The molecule has 0 saturated carbocycles. The number of aryl methyl sites for hydroxylation is 1. The second-order valence-corrected chi connectivity index (χ2v) is 8.21. The largest absolute Gasteiger partial charge is 0.493 e. The molecule has 1 aromatic carbocycles. The van der Waals surface area contributed by atoms with Gasteiger partial charge in [-0.05, 0) is 13.0 Å². The van der Waals surface area contributed by atoms with Gasteiger partial charge in [0, 0.05) is 29.5 Å². The molecule has 1 fully saturated rings. The number of nitrogens with one attached hydrogen (secondary N) is 1. The number of amides is 2. The first-order valence-electron chi connectivity index (χ1n) is 10.1. The number of hydrogen-bond donors (Lipinski definition) is 2. The van der Waals surface area contributed by atoms with Crippen LogP contribution in [0.1, 0.15) is 35.8 Å². The van der Waals surface area contributed by atoms with Crippen molar-refractivity contribution in [2.45, 2.75) is 37.6 Å². The maximum Gasteiger partial charge on any atom is 0.417 e. The van der Waals surface area contributed by atoms with Crippen molar-refractivity contribution in [2.24, 2.45) is 18.7 Å². The number of pyridine rings is 1. The average Bonchev–Trinajstić information content (AvgIpc) is 3.03. The van der Waals surface area contributed by atoms with Crippen molar-refractivity contribution in [3.8, 4) is 5.75 Å². The van der Waals surface area contributed by atoms with Gasteiger partial charge in [0.2, 0.25) is 5.82 Å². The second kappa shape index (κ2) is 8.82. The molecule has 1 aromatic heterocycles. The van der Waals surface area contributed by atoms with Crippen LogP contribution in [0.4, 0.5) is 27.6 Å². The third-order valence-electron chi connectivity index (χ3n) is 6.24. The zero-order valence-electron chi connectivity index (χ0n) is 18.7. The van der Waals surface area contributed by atoms with E-state index in [1.54, 1.807) is 0 Å². The van der Waals surface area contributed by atoms with E-state index >= 15 is 0 Å². The number of halogens is 5. The third kappa shape index (κ3) is 4.17. The minimum absolute atomic E-state index is 0.0254. The molecule has 4 atom stereocenters. The Morgan fingerprint density at radius 1 is 1.24 bits per heavy atom. The van der Waals surface area contributed by atoms with Crippen LogP contribution in [0.15, 0.2) is 30.5 Å². The molecule has 184 valence electrons. The van der Waals surface area contributed by atoms with E-state index in [9.17, 15) is 31.5 Å². The van der Waals surface area contributed by atoms with E-state index in [2.05, 4.69) is 5.32 Å². The quantitative estimate of drug-likeness (QED) is 0.500. The SMILES string of the molecule is COc1c([C@H]2[C@H](C(=O)Nc3cc[n+](C)c(C(N)=O)c3)O[C@@](C)(C(F)(F)F)[C@H]2C)ccc(F)c1F. The molecule has 0 radical (unpaired) electrons. The zero-order chi connectivity index (χ0) is 25.6. The Hall–Kier alpha value is -3.28. The summed E-state index contributed by atoms with van der Waals surface area (Å²) in [5.74, 6) is -7.80. The van der Waals surface area contributed by atoms with Gasteiger partial charge in [-0.15, -0.1) is 0 Å². The summed E-state index contributed by atoms with van der Waals surface area (Å²) in [7, 11) is 2.57. The highest BCUT2D eigenvalue weighted by molar-refractivity contribution is 5.97. The zero-order valence-corrected chi connectivity index (χ0v) is 18.7. The van der Waals surface area contributed by atoms with E-state index in [0.717, 1.165) is 26.2 Å². The molecule has 1 saturated heterocycles. The smallest absolute Gasteiger partial charge is 0.417 e. The number of ether oxygens (including phenoxy) is 2. The number of alkyl halides is 3. The van der Waals surface area contributed by atoms with Crippen molar-refractivity contribution in [2.75, 3.05) is 12.4 Å². The highest BCUT2D eigenvalue weighted by Gasteiger charge is 2.65. The topological polar surface area (TPSA) is 94.5 Å². The molecule has 3 N–H and O–H groups in total. The number of aromatic nitrogens is 1. The first-order chi connectivity index (χ1) is 15.7. The highest BCUT2D eigenvalue weighted by Crippen LogP contribution is 2.55. The van der Waals surface area contributed by atoms with Crippen molar-refractivity contribution in [1.82, 2.24) is 0 Å². The second-order valence-electron chi connectivity index (χ2n) is 8.21. The summed E-state index contributed by atoms with van der Waals surface area (Å²) in [5.41, 5.74) is 2.46. The van der Waals surface area contributed by atoms with Gasteiger partial charge in [0.25, 0.3) is 11.6 Å². The Bertz CT molecular complexity index is 1140. The van der Waals surface area contributed by atoms with Crippen LogP contribution in [-0.4, -0.2) is 36.8 Å². The fraction of sp³-hybridized carbons (Fsp3) is 0.409. The van der Waals surface area contributed by atoms with Gasteiger partial charge in [0.15, 0.2) is 23.4 Å². The summed E-state index contributed by atoms with van der Waals surface area (Å²) >= 11 is 0. The molecular weight excluding hydrogens is 465 g/mol. The van der Waals surface area contributed by atoms with Gasteiger partial charge in [-0.3, -0.25) is 9.59 Å². The molecule has 1 aliphatic heterocycles. The van der Waals surface area contributed by atoms with Crippen LogP contribution in [-0.2, 0) is 16.6 Å². The van der Waals surface area contributed by atoms with Crippen LogP contribution in [0, 0.1) is 17.6 Å². The van der Waals surface area contributed by atoms with Gasteiger partial charge in [0.1, 0.15) is 13.2 Å². The van der Waals surface area contributed by atoms with E-state index in [1.165, 1.54) is 36.9 Å². The lowest BCUT2D eigenvalue weighted by Crippen LogP contribution is -2.47. The average molecular weight is 488 g/mol. The van der Waals surface area contributed by atoms with Crippen molar-refractivity contribution in [1.29, 1.82) is 0 Å². The number of methoxy groups -OCH3 is 1. The number of nitrogens with two attached hydrogens (primary N) is 1. The molecule has 3 rings (SSSR count). The minimum atomic E-state index is -4.88. The molecule has 0 spiro atoms. The lowest BCUT2D eigenvalue weighted by molar-refractivity contribution is -0.673. The Balaban J connectivity index is 2.08. The molecule has 0 aliphatic carbocycles. The third-order valence-corrected chi connectivity index (χ3v) is 6.24. The first kappa shape index (κ1) is 25.3. The van der Waals surface area contributed by atoms with E-state index in [4.69, 9.17) is 15.2 Å². The summed E-state index contributed by atoms with van der Waals surface area (Å²) in [6.07, 6.45) is -5.22. The van der Waals surface area contributed by atoms with Gasteiger partial charge in [-0.2, -0.15) is 22.1 Å². The van der Waals surface area contributed by atoms with Crippen LogP contribution in [0.2, 0.25) is 0 Å². The van der Waals surface area contributed by atoms with Crippen LogP contribution in [0.25, 0.3) is 0 Å². The van der Waals surface area contributed by atoms with E-state index in [0.29, 0.717) is 0 Å². The van der Waals surface area contributed by atoms with Gasteiger partial charge in [-0.25, -0.2) is 4.39 Å². The van der Waals surface area contributed by atoms with Crippen LogP contribution in [0.3, 0.4) is 0 Å². The standard InChI is InChI=1S/C22H22F5N3O4/c1-10-15(12-5-6-13(23)16(24)17(12)33-4)18(34-21(10,2)22(25,26)27)20(32)29-11-7-8-30(3)14(9-11)19(28)31/h5-10,15,18H,1-4H3,(H2,28,31)/p+1/t10-,15-,18+,21+/m0/s1. The van der Waals surface area contributed by atoms with Crippen molar-refractivity contribution in [3.05, 3.63) is 53.4 Å². The molecule has 7 nitrogen and oxygen atoms in total. The van der Waals surface area contributed by atoms with Crippen molar-refractivity contribution < 1.29 is 45.6 Å². The number of nitrogens with zero attached hydrogens (tertiary/aromatic N) is 1. The lowest BCUT2D eigenvalue weighted by Gasteiger charge is -2.32. The van der Waals surface area contributed by atoms with Crippen LogP contribution in [0.5, 0.6) is 5.75 Å².